The summed E-state index contributed by atoms with van der Waals surface area (Å²) >= 11 is 0. The van der Waals surface area contributed by atoms with Gasteiger partial charge in [0.2, 0.25) is 0 Å². The van der Waals surface area contributed by atoms with Gasteiger partial charge in [0.25, 0.3) is 0 Å². The first-order chi connectivity index (χ1) is 11.7. The van der Waals surface area contributed by atoms with Crippen molar-refractivity contribution in [2.45, 2.75) is 12.3 Å². The van der Waals surface area contributed by atoms with Crippen molar-refractivity contribution < 1.29 is 14.3 Å². The Hall–Kier alpha value is -2.88. The number of nitrogens with zero attached hydrogens (tertiary/aromatic N) is 1. The largest absolute Gasteiger partial charge is 0.461 e. The quantitative estimate of drug-likeness (QED) is 0.514. The molecular formula is C20H19NO3. The predicted octanol–water partition coefficient (Wildman–Crippen LogP) is 3.71. The van der Waals surface area contributed by atoms with Crippen molar-refractivity contribution in [2.24, 2.45) is 7.05 Å². The lowest BCUT2D eigenvalue weighted by molar-refractivity contribution is -0.108. The van der Waals surface area contributed by atoms with Gasteiger partial charge >= 0.3 is 5.97 Å². The smallest absolute Gasteiger partial charge is 0.338 e. The van der Waals surface area contributed by atoms with Crippen LogP contribution in [0.15, 0.2) is 60.8 Å². The van der Waals surface area contributed by atoms with E-state index in [9.17, 15) is 9.59 Å². The number of aryl methyl sites for hydroxylation is 1. The number of ether oxygens (including phenoxy) is 1. The Kier molecular flexibility index (Phi) is 4.75. The van der Waals surface area contributed by atoms with E-state index in [-0.39, 0.29) is 18.5 Å². The molecule has 0 bridgehead atoms. The van der Waals surface area contributed by atoms with E-state index in [0.29, 0.717) is 12.0 Å². The molecule has 0 fully saturated rings. The number of para-hydroxylation sites is 1. The fourth-order valence-corrected chi connectivity index (χ4v) is 2.93. The van der Waals surface area contributed by atoms with E-state index in [0.717, 1.165) is 22.8 Å². The van der Waals surface area contributed by atoms with Crippen LogP contribution in [0.1, 0.15) is 28.3 Å². The summed E-state index contributed by atoms with van der Waals surface area (Å²) in [5.41, 5.74) is 2.64. The van der Waals surface area contributed by atoms with Gasteiger partial charge in [-0.3, -0.25) is 0 Å². The molecule has 0 N–H and O–H groups in total. The maximum absolute atomic E-state index is 12.1. The molecule has 122 valence electrons. The number of hydrogen-bond acceptors (Lipinski definition) is 3. The first-order valence-corrected chi connectivity index (χ1v) is 7.90. The summed E-state index contributed by atoms with van der Waals surface area (Å²) in [4.78, 5) is 23.2. The average Bonchev–Trinajstić information content (AvgIpc) is 2.96. The minimum Gasteiger partial charge on any atom is -0.461 e. The van der Waals surface area contributed by atoms with E-state index in [2.05, 4.69) is 0 Å². The Balaban J connectivity index is 1.82. The van der Waals surface area contributed by atoms with Crippen molar-refractivity contribution in [1.29, 1.82) is 0 Å². The second-order valence-electron chi connectivity index (χ2n) is 5.78. The van der Waals surface area contributed by atoms with Crippen molar-refractivity contribution in [3.8, 4) is 0 Å². The molecule has 0 saturated carbocycles. The van der Waals surface area contributed by atoms with Crippen LogP contribution < -0.4 is 0 Å². The van der Waals surface area contributed by atoms with Crippen molar-refractivity contribution in [1.82, 2.24) is 4.57 Å². The second kappa shape index (κ2) is 7.13. The molecule has 2 aromatic carbocycles. The highest BCUT2D eigenvalue weighted by molar-refractivity contribution is 5.89. The van der Waals surface area contributed by atoms with Gasteiger partial charge in [0.15, 0.2) is 0 Å². The summed E-state index contributed by atoms with van der Waals surface area (Å²) in [7, 11) is 1.97. The van der Waals surface area contributed by atoms with Crippen LogP contribution in [0.5, 0.6) is 0 Å². The van der Waals surface area contributed by atoms with Crippen LogP contribution in [0.4, 0.5) is 0 Å². The summed E-state index contributed by atoms with van der Waals surface area (Å²) in [5, 5.41) is 1.09. The minimum atomic E-state index is -0.369. The molecule has 4 heteroatoms. The Morgan fingerprint density at radius 1 is 1.12 bits per heavy atom. The molecule has 1 heterocycles. The zero-order valence-corrected chi connectivity index (χ0v) is 13.5. The Morgan fingerprint density at radius 2 is 1.83 bits per heavy atom. The van der Waals surface area contributed by atoms with Gasteiger partial charge < -0.3 is 14.1 Å². The molecule has 1 atom stereocenters. The molecule has 0 aliphatic rings. The van der Waals surface area contributed by atoms with Crippen molar-refractivity contribution >= 4 is 23.2 Å². The van der Waals surface area contributed by atoms with Gasteiger partial charge in [-0.15, -0.1) is 0 Å². The van der Waals surface area contributed by atoms with Gasteiger partial charge in [0, 0.05) is 36.5 Å². The van der Waals surface area contributed by atoms with Crippen LogP contribution in [0.2, 0.25) is 0 Å². The summed E-state index contributed by atoms with van der Waals surface area (Å²) in [6, 6.07) is 16.9. The fraction of sp³-hybridized carbons (Fsp3) is 0.200. The van der Waals surface area contributed by atoms with Crippen molar-refractivity contribution in [3.05, 3.63) is 71.9 Å². The molecular weight excluding hydrogens is 302 g/mol. The van der Waals surface area contributed by atoms with Gasteiger partial charge in [0.1, 0.15) is 6.29 Å². The van der Waals surface area contributed by atoms with Gasteiger partial charge in [-0.25, -0.2) is 4.79 Å². The standard InChI is InChI=1S/C20H19NO3/c1-21-13-18(17-9-5-6-10-19(17)21)16(11-12-22)14-24-20(23)15-7-3-2-4-8-15/h2-10,12-13,16H,11,14H2,1H3/t16-/m0/s1. The maximum Gasteiger partial charge on any atom is 0.338 e. The highest BCUT2D eigenvalue weighted by Gasteiger charge is 2.19. The predicted molar refractivity (Wildman–Crippen MR) is 93.1 cm³/mol. The maximum atomic E-state index is 12.1. The first-order valence-electron chi connectivity index (χ1n) is 7.90. The molecule has 0 saturated heterocycles. The zero-order chi connectivity index (χ0) is 16.9. The average molecular weight is 321 g/mol. The SMILES string of the molecule is Cn1cc([C@@H](CC=O)COC(=O)c2ccccc2)c2ccccc21. The molecule has 0 aliphatic carbocycles. The minimum absolute atomic E-state index is 0.152. The van der Waals surface area contributed by atoms with Gasteiger partial charge in [0.05, 0.1) is 12.2 Å². The summed E-state index contributed by atoms with van der Waals surface area (Å²) in [6.45, 7) is 0.181. The van der Waals surface area contributed by atoms with Crippen LogP contribution >= 0.6 is 0 Å². The van der Waals surface area contributed by atoms with Crippen LogP contribution in [0.25, 0.3) is 10.9 Å². The Labute approximate surface area is 140 Å². The second-order valence-corrected chi connectivity index (χ2v) is 5.78. The normalized spacial score (nSPS) is 12.0. The monoisotopic (exact) mass is 321 g/mol. The van der Waals surface area contributed by atoms with E-state index >= 15 is 0 Å². The lowest BCUT2D eigenvalue weighted by Crippen LogP contribution is -2.13. The van der Waals surface area contributed by atoms with Gasteiger partial charge in [-0.05, 0) is 23.8 Å². The summed E-state index contributed by atoms with van der Waals surface area (Å²) < 4.78 is 7.48. The van der Waals surface area contributed by atoms with Crippen molar-refractivity contribution in [3.63, 3.8) is 0 Å². The molecule has 0 radical (unpaired) electrons. The lowest BCUT2D eigenvalue weighted by Gasteiger charge is -2.14. The van der Waals surface area contributed by atoms with Crippen molar-refractivity contribution in [2.75, 3.05) is 6.61 Å². The third kappa shape index (κ3) is 3.23. The number of aromatic nitrogens is 1. The molecule has 3 rings (SSSR count). The molecule has 24 heavy (non-hydrogen) atoms. The number of hydrogen-bond donors (Lipinski definition) is 0. The van der Waals surface area contributed by atoms with E-state index in [1.54, 1.807) is 24.3 Å². The van der Waals surface area contributed by atoms with Crippen LogP contribution in [-0.2, 0) is 16.6 Å². The van der Waals surface area contributed by atoms with Gasteiger partial charge in [-0.2, -0.15) is 0 Å². The molecule has 3 aromatic rings. The van der Waals surface area contributed by atoms with Crippen LogP contribution in [0, 0.1) is 0 Å². The molecule has 0 aliphatic heterocycles. The van der Waals surface area contributed by atoms with E-state index in [4.69, 9.17) is 4.74 Å². The fourth-order valence-electron chi connectivity index (χ4n) is 2.93. The van der Waals surface area contributed by atoms with Crippen LogP contribution in [0.3, 0.4) is 0 Å². The number of carbonyl (C=O) groups excluding carboxylic acids is 2. The topological polar surface area (TPSA) is 48.3 Å². The molecule has 1 aromatic heterocycles. The summed E-state index contributed by atoms with van der Waals surface area (Å²) in [6.07, 6.45) is 3.20. The molecule has 0 unspecified atom stereocenters. The lowest BCUT2D eigenvalue weighted by atomic mass is 9.96. The zero-order valence-electron chi connectivity index (χ0n) is 13.5. The molecule has 0 spiro atoms. The first kappa shape index (κ1) is 16.0. The van der Waals surface area contributed by atoms with E-state index in [1.807, 2.05) is 48.1 Å². The Bertz CT molecular complexity index is 852. The number of carbonyl (C=O) groups is 2. The van der Waals surface area contributed by atoms with Gasteiger partial charge in [-0.1, -0.05) is 36.4 Å². The number of rotatable bonds is 6. The number of aldehydes is 1. The molecule has 0 amide bonds. The third-order valence-corrected chi connectivity index (χ3v) is 4.17. The third-order valence-electron chi connectivity index (χ3n) is 4.17. The number of esters is 1. The van der Waals surface area contributed by atoms with Crippen LogP contribution in [-0.4, -0.2) is 23.4 Å². The van der Waals surface area contributed by atoms with E-state index < -0.39 is 0 Å². The highest BCUT2D eigenvalue weighted by atomic mass is 16.5. The van der Waals surface area contributed by atoms with E-state index in [1.165, 1.54) is 0 Å². The summed E-state index contributed by atoms with van der Waals surface area (Å²) in [5.74, 6) is -0.520. The highest BCUT2D eigenvalue weighted by Crippen LogP contribution is 2.29. The number of fused-ring (bicyclic) bond motifs is 1. The Morgan fingerprint density at radius 3 is 2.58 bits per heavy atom. The molecule has 4 nitrogen and oxygen atoms in total. The number of benzene rings is 2.